The average molecular weight is 266 g/mol. The molecule has 0 radical (unpaired) electrons. The van der Waals surface area contributed by atoms with Crippen molar-refractivity contribution in [2.24, 2.45) is 0 Å². The van der Waals surface area contributed by atoms with Gasteiger partial charge in [-0.25, -0.2) is 4.79 Å². The van der Waals surface area contributed by atoms with Gasteiger partial charge in [-0.2, -0.15) is 0 Å². The monoisotopic (exact) mass is 266 g/mol. The quantitative estimate of drug-likeness (QED) is 0.528. The van der Waals surface area contributed by atoms with Gasteiger partial charge in [0.05, 0.1) is 11.1 Å². The Kier molecular flexibility index (Phi) is 4.80. The van der Waals surface area contributed by atoms with Crippen LogP contribution in [0, 0.1) is 11.8 Å². The van der Waals surface area contributed by atoms with Crippen LogP contribution in [-0.2, 0) is 4.74 Å². The lowest BCUT2D eigenvalue weighted by Crippen LogP contribution is -2.05. The molecule has 0 fully saturated rings. The van der Waals surface area contributed by atoms with Crippen LogP contribution >= 0.6 is 0 Å². The molecular weight excluding hydrogens is 252 g/mol. The third-order valence-electron chi connectivity index (χ3n) is 2.60. The van der Waals surface area contributed by atoms with Gasteiger partial charge in [0, 0.05) is 6.42 Å². The number of para-hydroxylation sites is 1. The number of carbonyl (C=O) groups is 1. The Balaban J connectivity index is 1.81. The number of carbonyl (C=O) groups excluding carboxylic acids is 1. The van der Waals surface area contributed by atoms with E-state index in [0.29, 0.717) is 17.5 Å². The Hall–Kier alpha value is -2.73. The van der Waals surface area contributed by atoms with Gasteiger partial charge in [-0.15, -0.1) is 0 Å². The van der Waals surface area contributed by atoms with Crippen LogP contribution in [0.1, 0.15) is 22.3 Å². The van der Waals surface area contributed by atoms with Crippen LogP contribution < -0.4 is 0 Å². The van der Waals surface area contributed by atoms with Gasteiger partial charge in [0.2, 0.25) is 0 Å². The molecule has 100 valence electrons. The number of benzene rings is 2. The smallest absolute Gasteiger partial charge is 0.338 e. The molecule has 0 amide bonds. The molecule has 3 heteroatoms. The maximum absolute atomic E-state index is 11.6. The van der Waals surface area contributed by atoms with Crippen LogP contribution in [0.15, 0.2) is 54.6 Å². The summed E-state index contributed by atoms with van der Waals surface area (Å²) in [4.78, 5) is 11.6. The van der Waals surface area contributed by atoms with Crippen molar-refractivity contribution in [3.8, 4) is 17.6 Å². The fraction of sp³-hybridized carbons (Fsp3) is 0.118. The van der Waals surface area contributed by atoms with Crippen molar-refractivity contribution < 1.29 is 14.6 Å². The van der Waals surface area contributed by atoms with Crippen molar-refractivity contribution in [1.82, 2.24) is 0 Å². The first-order valence-electron chi connectivity index (χ1n) is 6.26. The summed E-state index contributed by atoms with van der Waals surface area (Å²) in [5.41, 5.74) is 1.10. The average Bonchev–Trinajstić information content (AvgIpc) is 2.49. The molecule has 0 bridgehead atoms. The molecule has 0 unspecified atom stereocenters. The predicted octanol–water partition coefficient (Wildman–Crippen LogP) is 2.99. The molecule has 0 aliphatic rings. The second kappa shape index (κ2) is 7.01. The summed E-state index contributed by atoms with van der Waals surface area (Å²) in [6.07, 6.45) is 0.424. The normalized spacial score (nSPS) is 9.40. The molecule has 0 saturated carbocycles. The van der Waals surface area contributed by atoms with Gasteiger partial charge in [-0.3, -0.25) is 0 Å². The molecule has 20 heavy (non-hydrogen) atoms. The summed E-state index contributed by atoms with van der Waals surface area (Å²) >= 11 is 0. The number of hydrogen-bond donors (Lipinski definition) is 1. The van der Waals surface area contributed by atoms with E-state index < -0.39 is 0 Å². The van der Waals surface area contributed by atoms with E-state index in [0.717, 1.165) is 0 Å². The van der Waals surface area contributed by atoms with Crippen LogP contribution in [0.4, 0.5) is 0 Å². The van der Waals surface area contributed by atoms with E-state index in [1.165, 1.54) is 0 Å². The minimum absolute atomic E-state index is 0.154. The largest absolute Gasteiger partial charge is 0.507 e. The zero-order valence-electron chi connectivity index (χ0n) is 10.9. The van der Waals surface area contributed by atoms with E-state index in [9.17, 15) is 9.90 Å². The van der Waals surface area contributed by atoms with Crippen molar-refractivity contribution in [2.45, 2.75) is 6.42 Å². The molecule has 1 N–H and O–H groups in total. The third kappa shape index (κ3) is 3.89. The van der Waals surface area contributed by atoms with Crippen molar-refractivity contribution in [3.63, 3.8) is 0 Å². The Morgan fingerprint density at radius 3 is 2.50 bits per heavy atom. The number of ether oxygens (including phenoxy) is 1. The topological polar surface area (TPSA) is 46.5 Å². The van der Waals surface area contributed by atoms with Gasteiger partial charge in [0.15, 0.2) is 0 Å². The zero-order valence-corrected chi connectivity index (χ0v) is 10.9. The summed E-state index contributed by atoms with van der Waals surface area (Å²) < 4.78 is 5.09. The van der Waals surface area contributed by atoms with E-state index in [4.69, 9.17) is 4.74 Å². The lowest BCUT2D eigenvalue weighted by molar-refractivity contribution is 0.0513. The Bertz CT molecular complexity index is 636. The highest BCUT2D eigenvalue weighted by molar-refractivity contribution is 5.89. The number of phenols is 1. The molecular formula is C17H14O3. The van der Waals surface area contributed by atoms with Gasteiger partial charge in [-0.1, -0.05) is 42.2 Å². The van der Waals surface area contributed by atoms with Gasteiger partial charge < -0.3 is 9.84 Å². The standard InChI is InChI=1S/C17H14O3/c18-16-12-5-4-8-14(16)9-6-7-13-20-17(19)15-10-2-1-3-11-15/h1-5,8,10-12,18H,7,13H2. The summed E-state index contributed by atoms with van der Waals surface area (Å²) in [5.74, 6) is 5.50. The first kappa shape index (κ1) is 13.7. The van der Waals surface area contributed by atoms with Crippen LogP contribution in [0.3, 0.4) is 0 Å². The SMILES string of the molecule is O=C(OCCC#Cc1ccccc1O)c1ccccc1. The molecule has 0 saturated heterocycles. The summed E-state index contributed by atoms with van der Waals surface area (Å²) in [6, 6.07) is 15.7. The molecule has 3 nitrogen and oxygen atoms in total. The van der Waals surface area contributed by atoms with Crippen molar-refractivity contribution in [2.75, 3.05) is 6.61 Å². The maximum atomic E-state index is 11.6. The van der Waals surface area contributed by atoms with Crippen LogP contribution in [-0.4, -0.2) is 17.7 Å². The number of rotatable bonds is 3. The molecule has 2 rings (SSSR count). The van der Waals surface area contributed by atoms with E-state index in [1.54, 1.807) is 48.5 Å². The van der Waals surface area contributed by atoms with E-state index in [-0.39, 0.29) is 18.3 Å². The van der Waals surface area contributed by atoms with E-state index >= 15 is 0 Å². The van der Waals surface area contributed by atoms with Gasteiger partial charge >= 0.3 is 5.97 Å². The molecule has 0 atom stereocenters. The summed E-state index contributed by atoms with van der Waals surface area (Å²) in [7, 11) is 0. The van der Waals surface area contributed by atoms with E-state index in [2.05, 4.69) is 11.8 Å². The summed E-state index contributed by atoms with van der Waals surface area (Å²) in [5, 5.41) is 9.52. The first-order valence-corrected chi connectivity index (χ1v) is 6.26. The minimum Gasteiger partial charge on any atom is -0.507 e. The number of aromatic hydroxyl groups is 1. The minimum atomic E-state index is -0.352. The molecule has 0 aliphatic carbocycles. The van der Waals surface area contributed by atoms with Gasteiger partial charge in [0.1, 0.15) is 12.4 Å². The highest BCUT2D eigenvalue weighted by Gasteiger charge is 2.04. The van der Waals surface area contributed by atoms with Crippen molar-refractivity contribution >= 4 is 5.97 Å². The predicted molar refractivity (Wildman–Crippen MR) is 76.3 cm³/mol. The zero-order chi connectivity index (χ0) is 14.2. The third-order valence-corrected chi connectivity index (χ3v) is 2.60. The van der Waals surface area contributed by atoms with Crippen LogP contribution in [0.25, 0.3) is 0 Å². The number of esters is 1. The highest BCUT2D eigenvalue weighted by Crippen LogP contribution is 2.13. The lowest BCUT2D eigenvalue weighted by atomic mass is 10.2. The molecule has 0 heterocycles. The van der Waals surface area contributed by atoms with Crippen molar-refractivity contribution in [1.29, 1.82) is 0 Å². The van der Waals surface area contributed by atoms with E-state index in [1.807, 2.05) is 6.07 Å². The Morgan fingerprint density at radius 2 is 1.75 bits per heavy atom. The first-order chi connectivity index (χ1) is 9.77. The molecule has 2 aromatic carbocycles. The second-order valence-corrected chi connectivity index (χ2v) is 4.07. The fourth-order valence-corrected chi connectivity index (χ4v) is 1.59. The maximum Gasteiger partial charge on any atom is 0.338 e. The second-order valence-electron chi connectivity index (χ2n) is 4.07. The van der Waals surface area contributed by atoms with Crippen LogP contribution in [0.2, 0.25) is 0 Å². The molecule has 0 aromatic heterocycles. The summed E-state index contributed by atoms with van der Waals surface area (Å²) in [6.45, 7) is 0.230. The van der Waals surface area contributed by atoms with Gasteiger partial charge in [-0.05, 0) is 24.3 Å². The highest BCUT2D eigenvalue weighted by atomic mass is 16.5. The number of phenolic OH excluding ortho intramolecular Hbond substituents is 1. The molecule has 2 aromatic rings. The lowest BCUT2D eigenvalue weighted by Gasteiger charge is -2.01. The van der Waals surface area contributed by atoms with Gasteiger partial charge in [0.25, 0.3) is 0 Å². The van der Waals surface area contributed by atoms with Crippen LogP contribution in [0.5, 0.6) is 5.75 Å². The fourth-order valence-electron chi connectivity index (χ4n) is 1.59. The number of hydrogen-bond acceptors (Lipinski definition) is 3. The Morgan fingerprint density at radius 1 is 1.05 bits per heavy atom. The van der Waals surface area contributed by atoms with Crippen molar-refractivity contribution in [3.05, 3.63) is 65.7 Å². The molecule has 0 aliphatic heterocycles. The Labute approximate surface area is 117 Å². The molecule has 0 spiro atoms.